The third-order valence-electron chi connectivity index (χ3n) is 4.47. The number of nitro groups is 1. The van der Waals surface area contributed by atoms with Crippen LogP contribution in [0.25, 0.3) is 11.0 Å². The summed E-state index contributed by atoms with van der Waals surface area (Å²) in [5.41, 5.74) is 0.328. The number of amides is 1. The monoisotopic (exact) mass is 408 g/mol. The third-order valence-corrected chi connectivity index (χ3v) is 5.78. The number of rotatable bonds is 4. The zero-order valence-electron chi connectivity index (χ0n) is 16.1. The van der Waals surface area contributed by atoms with E-state index in [4.69, 9.17) is 4.74 Å². The molecule has 2 unspecified atom stereocenters. The van der Waals surface area contributed by atoms with Crippen LogP contribution in [0.15, 0.2) is 23.4 Å². The summed E-state index contributed by atoms with van der Waals surface area (Å²) >= 11 is 0. The number of hydrogen-bond acceptors (Lipinski definition) is 6. The van der Waals surface area contributed by atoms with E-state index < -0.39 is 27.4 Å². The lowest BCUT2D eigenvalue weighted by Crippen LogP contribution is -2.48. The first-order chi connectivity index (χ1) is 13.1. The molecule has 1 aromatic heterocycles. The van der Waals surface area contributed by atoms with Gasteiger partial charge in [0, 0.05) is 24.7 Å². The van der Waals surface area contributed by atoms with Crippen LogP contribution in [0.5, 0.6) is 0 Å². The molecule has 3 rings (SSSR count). The van der Waals surface area contributed by atoms with Crippen molar-refractivity contribution < 1.29 is 18.7 Å². The molecule has 10 heteroatoms. The average molecular weight is 408 g/mol. The van der Waals surface area contributed by atoms with Gasteiger partial charge in [0.25, 0.3) is 5.69 Å². The van der Waals surface area contributed by atoms with Gasteiger partial charge >= 0.3 is 6.09 Å². The molecule has 152 valence electrons. The Bertz CT molecular complexity index is 920. The summed E-state index contributed by atoms with van der Waals surface area (Å²) in [6.07, 6.45) is 2.19. The lowest BCUT2D eigenvalue weighted by molar-refractivity contribution is -0.384. The molecule has 2 heterocycles. The van der Waals surface area contributed by atoms with E-state index in [9.17, 15) is 19.1 Å². The summed E-state index contributed by atoms with van der Waals surface area (Å²) in [5, 5.41) is 11.2. The number of aromatic amines is 1. The van der Waals surface area contributed by atoms with Crippen LogP contribution in [-0.4, -0.2) is 54.0 Å². The number of H-pyrrole nitrogens is 1. The molecule has 2 aromatic rings. The van der Waals surface area contributed by atoms with Gasteiger partial charge in [0.15, 0.2) is 5.16 Å². The maximum absolute atomic E-state index is 12.9. The first-order valence-corrected chi connectivity index (χ1v) is 10.5. The Morgan fingerprint density at radius 1 is 1.43 bits per heavy atom. The van der Waals surface area contributed by atoms with Crippen LogP contribution in [0.4, 0.5) is 10.5 Å². The lowest BCUT2D eigenvalue weighted by atomic mass is 10.0. The number of carbonyl (C=O) groups is 1. The second kappa shape index (κ2) is 7.86. The Hall–Kier alpha value is -2.49. The van der Waals surface area contributed by atoms with Gasteiger partial charge < -0.3 is 14.6 Å². The number of hydrogen-bond donors (Lipinski definition) is 1. The molecule has 0 saturated carbocycles. The van der Waals surface area contributed by atoms with Crippen molar-refractivity contribution >= 4 is 33.6 Å². The third kappa shape index (κ3) is 4.67. The van der Waals surface area contributed by atoms with Crippen molar-refractivity contribution in [2.24, 2.45) is 0 Å². The number of nitrogens with zero attached hydrogens (tertiary/aromatic N) is 3. The normalized spacial score (nSPS) is 18.8. The van der Waals surface area contributed by atoms with Crippen LogP contribution in [0.2, 0.25) is 0 Å². The van der Waals surface area contributed by atoms with Crippen molar-refractivity contribution in [1.29, 1.82) is 0 Å². The predicted octanol–water partition coefficient (Wildman–Crippen LogP) is 3.37. The maximum Gasteiger partial charge on any atom is 0.410 e. The fourth-order valence-corrected chi connectivity index (χ4v) is 4.46. The molecule has 1 aliphatic rings. The van der Waals surface area contributed by atoms with E-state index in [0.29, 0.717) is 17.6 Å². The van der Waals surface area contributed by atoms with Gasteiger partial charge in [0.2, 0.25) is 0 Å². The minimum Gasteiger partial charge on any atom is -0.444 e. The van der Waals surface area contributed by atoms with Crippen molar-refractivity contribution in [3.63, 3.8) is 0 Å². The number of nitro benzene ring substituents is 1. The highest BCUT2D eigenvalue weighted by atomic mass is 32.2. The maximum atomic E-state index is 12.9. The zero-order chi connectivity index (χ0) is 20.5. The quantitative estimate of drug-likeness (QED) is 0.612. The van der Waals surface area contributed by atoms with Crippen molar-refractivity contribution in [2.45, 2.75) is 56.8 Å². The number of imidazole rings is 1. The predicted molar refractivity (Wildman–Crippen MR) is 105 cm³/mol. The van der Waals surface area contributed by atoms with Gasteiger partial charge in [-0.1, -0.05) is 0 Å². The Kier molecular flexibility index (Phi) is 5.69. The molecule has 9 nitrogen and oxygen atoms in total. The van der Waals surface area contributed by atoms with Crippen LogP contribution in [-0.2, 0) is 15.5 Å². The summed E-state index contributed by atoms with van der Waals surface area (Å²) in [7, 11) is -1.48. The molecule has 1 saturated heterocycles. The highest BCUT2D eigenvalue weighted by molar-refractivity contribution is 7.84. The van der Waals surface area contributed by atoms with E-state index in [0.717, 1.165) is 19.3 Å². The van der Waals surface area contributed by atoms with E-state index >= 15 is 0 Å². The summed E-state index contributed by atoms with van der Waals surface area (Å²) in [4.78, 5) is 31.8. The van der Waals surface area contributed by atoms with Gasteiger partial charge in [0.05, 0.1) is 32.5 Å². The van der Waals surface area contributed by atoms with E-state index in [2.05, 4.69) is 9.97 Å². The molecule has 1 amide bonds. The zero-order valence-corrected chi connectivity index (χ0v) is 17.0. The number of non-ortho nitro benzene ring substituents is 1. The smallest absolute Gasteiger partial charge is 0.410 e. The fraction of sp³-hybridized carbons (Fsp3) is 0.556. The number of fused-ring (bicyclic) bond motifs is 1. The number of carbonyl (C=O) groups excluding carboxylic acids is 1. The van der Waals surface area contributed by atoms with E-state index in [1.165, 1.54) is 18.2 Å². The summed E-state index contributed by atoms with van der Waals surface area (Å²) in [6.45, 7) is 6.02. The molecule has 1 aromatic carbocycles. The van der Waals surface area contributed by atoms with E-state index in [-0.39, 0.29) is 22.6 Å². The molecular formula is C18H24N4O5S. The van der Waals surface area contributed by atoms with Gasteiger partial charge in [0.1, 0.15) is 5.60 Å². The number of aromatic nitrogens is 2. The number of ether oxygens (including phenoxy) is 1. The first kappa shape index (κ1) is 20.2. The summed E-state index contributed by atoms with van der Waals surface area (Å²) in [5.74, 6) is 0.237. The number of likely N-dealkylation sites (tertiary alicyclic amines) is 1. The number of piperidine rings is 1. The van der Waals surface area contributed by atoms with E-state index in [1.54, 1.807) is 4.90 Å². The molecule has 1 aliphatic heterocycles. The Balaban J connectivity index is 1.75. The SMILES string of the molecule is CC(C)(C)OC(=O)N1CCCCC1CS(=O)c1nc2ccc([N+](=O)[O-])cc2[nH]1. The number of benzene rings is 1. The highest BCUT2D eigenvalue weighted by Crippen LogP contribution is 2.24. The van der Waals surface area contributed by atoms with Crippen molar-refractivity contribution in [3.05, 3.63) is 28.3 Å². The van der Waals surface area contributed by atoms with Gasteiger partial charge in [-0.25, -0.2) is 9.78 Å². The van der Waals surface area contributed by atoms with Gasteiger partial charge in [-0.05, 0) is 46.1 Å². The lowest BCUT2D eigenvalue weighted by Gasteiger charge is -2.36. The highest BCUT2D eigenvalue weighted by Gasteiger charge is 2.32. The summed E-state index contributed by atoms with van der Waals surface area (Å²) in [6, 6.07) is 4.06. The van der Waals surface area contributed by atoms with Crippen LogP contribution in [0, 0.1) is 10.1 Å². The van der Waals surface area contributed by atoms with Crippen LogP contribution < -0.4 is 0 Å². The molecule has 1 fully saturated rings. The largest absolute Gasteiger partial charge is 0.444 e. The van der Waals surface area contributed by atoms with Crippen molar-refractivity contribution in [2.75, 3.05) is 12.3 Å². The fourth-order valence-electron chi connectivity index (χ4n) is 3.18. The minimum atomic E-state index is -1.48. The molecular weight excluding hydrogens is 384 g/mol. The summed E-state index contributed by atoms with van der Waals surface area (Å²) < 4.78 is 18.3. The van der Waals surface area contributed by atoms with Crippen LogP contribution in [0.3, 0.4) is 0 Å². The second-order valence-electron chi connectivity index (χ2n) is 7.84. The van der Waals surface area contributed by atoms with Gasteiger partial charge in [-0.3, -0.25) is 14.3 Å². The molecule has 0 aliphatic carbocycles. The minimum absolute atomic E-state index is 0.0585. The van der Waals surface area contributed by atoms with Gasteiger partial charge in [-0.2, -0.15) is 0 Å². The Morgan fingerprint density at radius 2 is 2.18 bits per heavy atom. The molecule has 0 bridgehead atoms. The topological polar surface area (TPSA) is 118 Å². The Morgan fingerprint density at radius 3 is 2.86 bits per heavy atom. The average Bonchev–Trinajstić information content (AvgIpc) is 3.04. The van der Waals surface area contributed by atoms with Crippen LogP contribution >= 0.6 is 0 Å². The Labute approximate surface area is 165 Å². The molecule has 2 atom stereocenters. The molecule has 0 radical (unpaired) electrons. The van der Waals surface area contributed by atoms with Crippen molar-refractivity contribution in [1.82, 2.24) is 14.9 Å². The number of nitrogens with one attached hydrogen (secondary N) is 1. The van der Waals surface area contributed by atoms with E-state index in [1.807, 2.05) is 20.8 Å². The molecule has 28 heavy (non-hydrogen) atoms. The first-order valence-electron chi connectivity index (χ1n) is 9.16. The standard InChI is InChI=1S/C18H24N4O5S/c1-18(2,3)27-17(23)21-9-5-4-6-13(21)11-28(26)16-19-14-8-7-12(22(24)25)10-15(14)20-16/h7-8,10,13H,4-6,9,11H2,1-3H3,(H,19,20). The van der Waals surface area contributed by atoms with Gasteiger partial charge in [-0.15, -0.1) is 0 Å². The second-order valence-corrected chi connectivity index (χ2v) is 9.25. The molecule has 0 spiro atoms. The molecule has 1 N–H and O–H groups in total. The van der Waals surface area contributed by atoms with Crippen LogP contribution in [0.1, 0.15) is 40.0 Å². The van der Waals surface area contributed by atoms with Crippen molar-refractivity contribution in [3.8, 4) is 0 Å².